The molecule has 0 heterocycles. The maximum absolute atomic E-state index is 9.53. The predicted molar refractivity (Wildman–Crippen MR) is 70.0 cm³/mol. The van der Waals surface area contributed by atoms with E-state index in [1.54, 1.807) is 0 Å². The zero-order valence-electron chi connectivity index (χ0n) is 8.90. The Morgan fingerprint density at radius 3 is 2.76 bits per heavy atom. The molecular weight excluding hydrogens is 260 g/mol. The third-order valence-corrected chi connectivity index (χ3v) is 2.48. The summed E-state index contributed by atoms with van der Waals surface area (Å²) in [5, 5.41) is 18.5. The molecule has 0 bridgehead atoms. The second-order valence-electron chi connectivity index (χ2n) is 3.09. The normalized spacial score (nSPS) is 10.8. The van der Waals surface area contributed by atoms with E-state index in [4.69, 9.17) is 39.6 Å². The van der Waals surface area contributed by atoms with Crippen LogP contribution in [0.15, 0.2) is 17.7 Å². The first kappa shape index (κ1) is 13.3. The third-order valence-electron chi connectivity index (χ3n) is 1.97. The van der Waals surface area contributed by atoms with Gasteiger partial charge < -0.3 is 15.6 Å². The summed E-state index contributed by atoms with van der Waals surface area (Å²) in [4.78, 5) is -0.00401. The van der Waals surface area contributed by atoms with Gasteiger partial charge in [0.25, 0.3) is 0 Å². The number of nitrogens with zero attached hydrogens (tertiary/aromatic N) is 1. The lowest BCUT2D eigenvalue weighted by molar-refractivity contribution is 0.373. The quantitative estimate of drug-likeness (QED) is 0.499. The molecule has 1 aromatic rings. The van der Waals surface area contributed by atoms with Gasteiger partial charge in [0.15, 0.2) is 11.5 Å². The highest BCUT2D eigenvalue weighted by Crippen LogP contribution is 2.35. The van der Waals surface area contributed by atoms with Crippen molar-refractivity contribution >= 4 is 34.9 Å². The number of hydrogen-bond donors (Lipinski definition) is 2. The molecule has 6 heteroatoms. The van der Waals surface area contributed by atoms with Crippen molar-refractivity contribution in [3.8, 4) is 17.6 Å². The van der Waals surface area contributed by atoms with Crippen LogP contribution in [-0.2, 0) is 0 Å². The molecule has 0 aliphatic carbocycles. The van der Waals surface area contributed by atoms with Crippen molar-refractivity contribution in [2.45, 2.75) is 0 Å². The summed E-state index contributed by atoms with van der Waals surface area (Å²) in [6.45, 7) is 0. The minimum Gasteiger partial charge on any atom is -0.503 e. The molecule has 0 saturated heterocycles. The molecule has 0 spiro atoms. The number of rotatable bonds is 3. The topological polar surface area (TPSA) is 79.3 Å². The highest BCUT2D eigenvalue weighted by Gasteiger charge is 2.09. The van der Waals surface area contributed by atoms with Crippen molar-refractivity contribution in [3.05, 3.63) is 28.3 Å². The van der Waals surface area contributed by atoms with E-state index in [1.807, 2.05) is 6.07 Å². The fourth-order valence-corrected chi connectivity index (χ4v) is 1.48. The van der Waals surface area contributed by atoms with Crippen LogP contribution in [0.3, 0.4) is 0 Å². The standard InChI is InChI=1S/C11H9ClN2O2S/c1-16-9-4-6(3-8(12)10(9)15)2-7(5-13)11(14)17/h2-4,15H,1H3,(H2,14,17)/b7-2-. The summed E-state index contributed by atoms with van der Waals surface area (Å²) < 4.78 is 4.93. The molecule has 0 radical (unpaired) electrons. The van der Waals surface area contributed by atoms with Gasteiger partial charge in [-0.2, -0.15) is 5.26 Å². The molecular formula is C11H9ClN2O2S. The van der Waals surface area contributed by atoms with Gasteiger partial charge in [0, 0.05) is 0 Å². The Morgan fingerprint density at radius 1 is 1.65 bits per heavy atom. The average Bonchev–Trinajstić information content (AvgIpc) is 2.29. The smallest absolute Gasteiger partial charge is 0.176 e. The molecule has 17 heavy (non-hydrogen) atoms. The highest BCUT2D eigenvalue weighted by molar-refractivity contribution is 7.80. The fourth-order valence-electron chi connectivity index (χ4n) is 1.16. The number of methoxy groups -OCH3 is 1. The lowest BCUT2D eigenvalue weighted by atomic mass is 10.1. The van der Waals surface area contributed by atoms with Crippen molar-refractivity contribution in [1.82, 2.24) is 0 Å². The first-order valence-corrected chi connectivity index (χ1v) is 5.26. The number of hydrogen-bond acceptors (Lipinski definition) is 4. The van der Waals surface area contributed by atoms with Crippen LogP contribution in [-0.4, -0.2) is 17.2 Å². The van der Waals surface area contributed by atoms with Crippen LogP contribution in [0.2, 0.25) is 5.02 Å². The number of nitrogens with two attached hydrogens (primary N) is 1. The van der Waals surface area contributed by atoms with Crippen molar-refractivity contribution < 1.29 is 9.84 Å². The molecule has 0 atom stereocenters. The molecule has 88 valence electrons. The van der Waals surface area contributed by atoms with Crippen molar-refractivity contribution in [2.24, 2.45) is 5.73 Å². The molecule has 0 aliphatic heterocycles. The molecule has 1 aromatic carbocycles. The lowest BCUT2D eigenvalue weighted by Gasteiger charge is -2.06. The number of halogens is 1. The fraction of sp³-hybridized carbons (Fsp3) is 0.0909. The average molecular weight is 269 g/mol. The lowest BCUT2D eigenvalue weighted by Crippen LogP contribution is -2.09. The van der Waals surface area contributed by atoms with E-state index in [0.717, 1.165) is 0 Å². The first-order valence-electron chi connectivity index (χ1n) is 4.47. The van der Waals surface area contributed by atoms with Crippen LogP contribution in [0.5, 0.6) is 11.5 Å². The minimum absolute atomic E-state index is 0.00401. The van der Waals surface area contributed by atoms with E-state index in [2.05, 4.69) is 0 Å². The van der Waals surface area contributed by atoms with Gasteiger partial charge in [-0.05, 0) is 23.8 Å². The summed E-state index contributed by atoms with van der Waals surface area (Å²) >= 11 is 10.5. The van der Waals surface area contributed by atoms with E-state index < -0.39 is 0 Å². The zero-order chi connectivity index (χ0) is 13.0. The summed E-state index contributed by atoms with van der Waals surface area (Å²) in [5.41, 5.74) is 6.08. The maximum atomic E-state index is 9.53. The van der Waals surface area contributed by atoms with Crippen LogP contribution in [0.4, 0.5) is 0 Å². The minimum atomic E-state index is -0.153. The number of benzene rings is 1. The van der Waals surface area contributed by atoms with Gasteiger partial charge >= 0.3 is 0 Å². The third kappa shape index (κ3) is 3.09. The molecule has 0 amide bonds. The molecule has 0 fully saturated rings. The van der Waals surface area contributed by atoms with E-state index >= 15 is 0 Å². The Balaban J connectivity index is 3.30. The van der Waals surface area contributed by atoms with E-state index in [-0.39, 0.29) is 27.1 Å². The Bertz CT molecular complexity index is 535. The molecule has 0 aliphatic rings. The Kier molecular flexibility index (Phi) is 4.32. The van der Waals surface area contributed by atoms with E-state index in [0.29, 0.717) is 5.56 Å². The summed E-state index contributed by atoms with van der Waals surface area (Å²) in [6, 6.07) is 4.88. The Morgan fingerprint density at radius 2 is 2.29 bits per heavy atom. The van der Waals surface area contributed by atoms with Gasteiger partial charge in [0.2, 0.25) is 0 Å². The monoisotopic (exact) mass is 268 g/mol. The first-order chi connectivity index (χ1) is 7.99. The highest BCUT2D eigenvalue weighted by atomic mass is 35.5. The zero-order valence-corrected chi connectivity index (χ0v) is 10.5. The predicted octanol–water partition coefficient (Wildman–Crippen LogP) is 2.25. The molecule has 0 unspecified atom stereocenters. The summed E-state index contributed by atoms with van der Waals surface area (Å²) in [5.74, 6) is 0.0594. The number of thiocarbonyl (C=S) groups is 1. The van der Waals surface area contributed by atoms with Gasteiger partial charge in [-0.1, -0.05) is 23.8 Å². The number of aromatic hydroxyl groups is 1. The number of phenols is 1. The number of ether oxygens (including phenoxy) is 1. The summed E-state index contributed by atoms with van der Waals surface area (Å²) in [6.07, 6.45) is 1.47. The largest absolute Gasteiger partial charge is 0.503 e. The molecule has 0 saturated carbocycles. The van der Waals surface area contributed by atoms with Crippen molar-refractivity contribution in [1.29, 1.82) is 5.26 Å². The van der Waals surface area contributed by atoms with Crippen LogP contribution in [0.1, 0.15) is 5.56 Å². The van der Waals surface area contributed by atoms with Gasteiger partial charge in [-0.15, -0.1) is 0 Å². The van der Waals surface area contributed by atoms with Crippen molar-refractivity contribution in [2.75, 3.05) is 7.11 Å². The number of phenolic OH excluding ortho intramolecular Hbond substituents is 1. The van der Waals surface area contributed by atoms with E-state index in [1.165, 1.54) is 25.3 Å². The van der Waals surface area contributed by atoms with Crippen LogP contribution >= 0.6 is 23.8 Å². The van der Waals surface area contributed by atoms with Gasteiger partial charge in [0.1, 0.15) is 11.1 Å². The molecule has 1 rings (SSSR count). The molecule has 4 nitrogen and oxygen atoms in total. The van der Waals surface area contributed by atoms with Crippen molar-refractivity contribution in [3.63, 3.8) is 0 Å². The summed E-state index contributed by atoms with van der Waals surface area (Å²) in [7, 11) is 1.40. The Hall–Kier alpha value is -1.77. The second kappa shape index (κ2) is 5.53. The maximum Gasteiger partial charge on any atom is 0.176 e. The molecule has 0 aromatic heterocycles. The molecule has 3 N–H and O–H groups in total. The van der Waals surface area contributed by atoms with Crippen LogP contribution in [0, 0.1) is 11.3 Å². The second-order valence-corrected chi connectivity index (χ2v) is 3.93. The van der Waals surface area contributed by atoms with Gasteiger partial charge in [-0.3, -0.25) is 0 Å². The Labute approximate surface area is 109 Å². The van der Waals surface area contributed by atoms with Crippen LogP contribution in [0.25, 0.3) is 6.08 Å². The van der Waals surface area contributed by atoms with Gasteiger partial charge in [0.05, 0.1) is 17.7 Å². The SMILES string of the molecule is COc1cc(/C=C(/C#N)C(N)=S)cc(Cl)c1O. The van der Waals surface area contributed by atoms with Gasteiger partial charge in [-0.25, -0.2) is 0 Å². The van der Waals surface area contributed by atoms with E-state index in [9.17, 15) is 5.11 Å². The number of nitriles is 1. The van der Waals surface area contributed by atoms with Crippen LogP contribution < -0.4 is 10.5 Å².